The molecular weight excluding hydrogens is 272 g/mol. The molecule has 0 aliphatic carbocycles. The molecule has 0 fully saturated rings. The van der Waals surface area contributed by atoms with Crippen molar-refractivity contribution in [3.8, 4) is 17.1 Å². The van der Waals surface area contributed by atoms with Gasteiger partial charge >= 0.3 is 0 Å². The van der Waals surface area contributed by atoms with Crippen LogP contribution in [0.15, 0.2) is 78.1 Å². The highest BCUT2D eigenvalue weighted by molar-refractivity contribution is 5.89. The topological polar surface area (TPSA) is 31.0 Å². The molecule has 106 valence electrons. The van der Waals surface area contributed by atoms with Gasteiger partial charge in [-0.05, 0) is 36.4 Å². The molecule has 0 saturated heterocycles. The van der Waals surface area contributed by atoms with E-state index < -0.39 is 0 Å². The molecule has 22 heavy (non-hydrogen) atoms. The summed E-state index contributed by atoms with van der Waals surface area (Å²) in [5, 5.41) is 1.17. The molecule has 0 unspecified atom stereocenters. The maximum absolute atomic E-state index is 5.50. The van der Waals surface area contributed by atoms with Crippen LogP contribution in [0.2, 0.25) is 0 Å². The van der Waals surface area contributed by atoms with Gasteiger partial charge in [0.1, 0.15) is 17.8 Å². The summed E-state index contributed by atoms with van der Waals surface area (Å²) < 4.78 is 7.65. The van der Waals surface area contributed by atoms with Gasteiger partial charge in [-0.3, -0.25) is 4.57 Å². The number of nitrogens with zero attached hydrogens (tertiary/aromatic N) is 2. The third-order valence-corrected chi connectivity index (χ3v) is 3.71. The Morgan fingerprint density at radius 3 is 2.68 bits per heavy atom. The van der Waals surface area contributed by atoms with Crippen LogP contribution >= 0.6 is 0 Å². The van der Waals surface area contributed by atoms with Crippen molar-refractivity contribution in [1.82, 2.24) is 9.55 Å². The van der Waals surface area contributed by atoms with E-state index in [1.54, 1.807) is 18.5 Å². The number of hydrogen-bond acceptors (Lipinski definition) is 2. The van der Waals surface area contributed by atoms with Gasteiger partial charge in [0, 0.05) is 17.1 Å². The number of aromatic nitrogens is 2. The maximum atomic E-state index is 5.50. The van der Waals surface area contributed by atoms with E-state index in [-0.39, 0.29) is 0 Å². The van der Waals surface area contributed by atoms with Crippen LogP contribution in [-0.4, -0.2) is 9.55 Å². The summed E-state index contributed by atoms with van der Waals surface area (Å²) in [4.78, 5) is 4.50. The number of fused-ring (bicyclic) bond motifs is 1. The fourth-order valence-electron chi connectivity index (χ4n) is 2.69. The van der Waals surface area contributed by atoms with Crippen LogP contribution in [0.4, 0.5) is 0 Å². The van der Waals surface area contributed by atoms with Gasteiger partial charge in [-0.15, -0.1) is 0 Å². The van der Waals surface area contributed by atoms with E-state index in [1.807, 2.05) is 36.4 Å². The quantitative estimate of drug-likeness (QED) is 0.534. The Labute approximate surface area is 128 Å². The van der Waals surface area contributed by atoms with Crippen LogP contribution in [-0.2, 0) is 0 Å². The molecule has 0 spiro atoms. The minimum Gasteiger partial charge on any atom is -0.464 e. The Balaban J connectivity index is 2.03. The van der Waals surface area contributed by atoms with Crippen molar-refractivity contribution in [1.29, 1.82) is 0 Å². The lowest BCUT2D eigenvalue weighted by Gasteiger charge is -2.08. The number of rotatable bonds is 3. The summed E-state index contributed by atoms with van der Waals surface area (Å²) in [6.45, 7) is 3.75. The lowest BCUT2D eigenvalue weighted by Crippen LogP contribution is -1.98. The summed E-state index contributed by atoms with van der Waals surface area (Å²) >= 11 is 0. The van der Waals surface area contributed by atoms with E-state index in [0.29, 0.717) is 0 Å². The minimum atomic E-state index is 0.757. The molecule has 0 N–H and O–H groups in total. The van der Waals surface area contributed by atoms with E-state index >= 15 is 0 Å². The molecule has 0 radical (unpaired) electrons. The van der Waals surface area contributed by atoms with E-state index in [0.717, 1.165) is 28.4 Å². The van der Waals surface area contributed by atoms with Gasteiger partial charge in [-0.2, -0.15) is 0 Å². The predicted molar refractivity (Wildman–Crippen MR) is 88.9 cm³/mol. The molecule has 0 amide bonds. The minimum absolute atomic E-state index is 0.757. The van der Waals surface area contributed by atoms with Crippen LogP contribution in [0.1, 0.15) is 5.76 Å². The van der Waals surface area contributed by atoms with Crippen molar-refractivity contribution < 1.29 is 4.42 Å². The second-order valence-electron chi connectivity index (χ2n) is 5.05. The molecule has 3 aromatic heterocycles. The highest BCUT2D eigenvalue weighted by atomic mass is 16.3. The third-order valence-electron chi connectivity index (χ3n) is 3.71. The van der Waals surface area contributed by atoms with Gasteiger partial charge in [-0.1, -0.05) is 30.8 Å². The maximum Gasteiger partial charge on any atom is 0.137 e. The average Bonchev–Trinajstić information content (AvgIpc) is 3.19. The summed E-state index contributed by atoms with van der Waals surface area (Å²) in [6, 6.07) is 18.3. The number of furan rings is 1. The molecule has 0 atom stereocenters. The van der Waals surface area contributed by atoms with Crippen LogP contribution < -0.4 is 0 Å². The Kier molecular flexibility index (Phi) is 2.90. The first-order valence-corrected chi connectivity index (χ1v) is 7.10. The van der Waals surface area contributed by atoms with E-state index in [2.05, 4.69) is 34.3 Å². The highest BCUT2D eigenvalue weighted by Gasteiger charge is 2.14. The fraction of sp³-hybridized carbons (Fsp3) is 0. The molecule has 4 aromatic rings. The van der Waals surface area contributed by atoms with E-state index in [9.17, 15) is 0 Å². The largest absolute Gasteiger partial charge is 0.464 e. The van der Waals surface area contributed by atoms with Crippen molar-refractivity contribution in [3.63, 3.8) is 0 Å². The molecule has 0 bridgehead atoms. The van der Waals surface area contributed by atoms with Crippen molar-refractivity contribution >= 4 is 17.0 Å². The molecule has 3 heteroatoms. The smallest absolute Gasteiger partial charge is 0.137 e. The van der Waals surface area contributed by atoms with Crippen LogP contribution in [0.5, 0.6) is 0 Å². The van der Waals surface area contributed by atoms with Crippen LogP contribution in [0.3, 0.4) is 0 Å². The Morgan fingerprint density at radius 1 is 1.05 bits per heavy atom. The van der Waals surface area contributed by atoms with E-state index in [4.69, 9.17) is 4.42 Å². The van der Waals surface area contributed by atoms with Crippen molar-refractivity contribution in [2.45, 2.75) is 0 Å². The van der Waals surface area contributed by atoms with Crippen LogP contribution in [0.25, 0.3) is 34.1 Å². The molecule has 0 saturated carbocycles. The summed E-state index contributed by atoms with van der Waals surface area (Å²) in [5.74, 6) is 1.65. The Hall–Kier alpha value is -3.07. The molecule has 0 aliphatic rings. The lowest BCUT2D eigenvalue weighted by molar-refractivity contribution is 0.558. The van der Waals surface area contributed by atoms with Gasteiger partial charge in [0.05, 0.1) is 11.2 Å². The zero-order valence-corrected chi connectivity index (χ0v) is 11.9. The number of para-hydroxylation sites is 1. The van der Waals surface area contributed by atoms with E-state index in [1.165, 1.54) is 5.39 Å². The van der Waals surface area contributed by atoms with Crippen molar-refractivity contribution in [2.75, 3.05) is 0 Å². The van der Waals surface area contributed by atoms with Gasteiger partial charge in [0.15, 0.2) is 0 Å². The first-order chi connectivity index (χ1) is 10.9. The first-order valence-electron chi connectivity index (χ1n) is 7.10. The second-order valence-corrected chi connectivity index (χ2v) is 5.05. The number of hydrogen-bond donors (Lipinski definition) is 0. The second kappa shape index (κ2) is 5.04. The number of pyridine rings is 1. The molecule has 0 aliphatic heterocycles. The average molecular weight is 286 g/mol. The van der Waals surface area contributed by atoms with Crippen molar-refractivity contribution in [2.24, 2.45) is 0 Å². The third kappa shape index (κ3) is 1.95. The zero-order valence-electron chi connectivity index (χ0n) is 11.9. The predicted octanol–water partition coefficient (Wildman–Crippen LogP) is 4.93. The van der Waals surface area contributed by atoms with Gasteiger partial charge in [0.25, 0.3) is 0 Å². The Morgan fingerprint density at radius 2 is 1.91 bits per heavy atom. The molecule has 3 nitrogen and oxygen atoms in total. The van der Waals surface area contributed by atoms with Crippen molar-refractivity contribution in [3.05, 3.63) is 79.4 Å². The SMILES string of the molecule is C=Cc1cc(-c2cc3ccccc3n2-c2ccccn2)co1. The zero-order chi connectivity index (χ0) is 14.9. The highest BCUT2D eigenvalue weighted by Crippen LogP contribution is 2.32. The standard InChI is InChI=1S/C19H14N2O/c1-2-16-11-15(13-22-16)18-12-14-7-3-4-8-17(14)21(18)19-9-5-6-10-20-19/h2-13H,1H2. The Bertz CT molecular complexity index is 948. The van der Waals surface area contributed by atoms with Gasteiger partial charge < -0.3 is 4.42 Å². The normalized spacial score (nSPS) is 10.9. The number of benzene rings is 1. The molecule has 1 aromatic carbocycles. The molecule has 4 rings (SSSR count). The monoisotopic (exact) mass is 286 g/mol. The first kappa shape index (κ1) is 12.7. The fourth-order valence-corrected chi connectivity index (χ4v) is 2.69. The lowest BCUT2D eigenvalue weighted by atomic mass is 10.2. The molecule has 3 heterocycles. The van der Waals surface area contributed by atoms with Gasteiger partial charge in [-0.25, -0.2) is 4.98 Å². The summed E-state index contributed by atoms with van der Waals surface area (Å²) in [5.41, 5.74) is 3.19. The molecular formula is C19H14N2O. The summed E-state index contributed by atoms with van der Waals surface area (Å²) in [7, 11) is 0. The van der Waals surface area contributed by atoms with Crippen LogP contribution in [0, 0.1) is 0 Å². The van der Waals surface area contributed by atoms with Gasteiger partial charge in [0.2, 0.25) is 0 Å². The summed E-state index contributed by atoms with van der Waals surface area (Å²) in [6.07, 6.45) is 5.26.